The molecule has 0 spiro atoms. The minimum atomic E-state index is 0.133. The van der Waals surface area contributed by atoms with Crippen molar-refractivity contribution in [2.24, 2.45) is 0 Å². The molecule has 162 valence electrons. The fourth-order valence-electron chi connectivity index (χ4n) is 4.73. The quantitative estimate of drug-likeness (QED) is 0.544. The summed E-state index contributed by atoms with van der Waals surface area (Å²) in [7, 11) is 0. The number of hydrogen-bond acceptors (Lipinski definition) is 4. The second kappa shape index (κ2) is 9.97. The van der Waals surface area contributed by atoms with Gasteiger partial charge in [0, 0.05) is 48.7 Å². The monoisotopic (exact) mass is 425 g/mol. The molecule has 0 atom stereocenters. The summed E-state index contributed by atoms with van der Waals surface area (Å²) in [5.74, 6) is 0.133. The number of rotatable bonds is 6. The summed E-state index contributed by atoms with van der Waals surface area (Å²) in [4.78, 5) is 19.2. The van der Waals surface area contributed by atoms with Crippen molar-refractivity contribution in [3.05, 3.63) is 50.7 Å². The zero-order valence-corrected chi connectivity index (χ0v) is 19.3. The van der Waals surface area contributed by atoms with Gasteiger partial charge in [0.15, 0.2) is 0 Å². The molecule has 1 saturated heterocycles. The van der Waals surface area contributed by atoms with Gasteiger partial charge >= 0.3 is 0 Å². The lowest BCUT2D eigenvalue weighted by Gasteiger charge is -2.37. The van der Waals surface area contributed by atoms with Crippen LogP contribution in [0.25, 0.3) is 0 Å². The Labute approximate surface area is 185 Å². The first kappa shape index (κ1) is 21.4. The SMILES string of the molecule is Cc1ccc(C)c(N2CCN(CCCNC(=O)c3csc4c3CCCCC4)CC2)c1. The van der Waals surface area contributed by atoms with Crippen molar-refractivity contribution >= 4 is 22.9 Å². The van der Waals surface area contributed by atoms with Crippen LogP contribution >= 0.6 is 11.3 Å². The van der Waals surface area contributed by atoms with Crippen LogP contribution in [0.4, 0.5) is 5.69 Å². The second-order valence-electron chi connectivity index (χ2n) is 8.84. The van der Waals surface area contributed by atoms with Crippen LogP contribution in [0.15, 0.2) is 23.6 Å². The Hall–Kier alpha value is -1.85. The lowest BCUT2D eigenvalue weighted by molar-refractivity contribution is 0.0951. The normalized spacial score (nSPS) is 17.5. The molecule has 0 radical (unpaired) electrons. The zero-order chi connectivity index (χ0) is 20.9. The summed E-state index contributed by atoms with van der Waals surface area (Å²) in [5, 5.41) is 5.26. The number of carbonyl (C=O) groups excluding carboxylic acids is 1. The number of hydrogen-bond donors (Lipinski definition) is 1. The Kier molecular flexibility index (Phi) is 7.11. The molecule has 1 aromatic heterocycles. The Morgan fingerprint density at radius 3 is 2.70 bits per heavy atom. The number of carbonyl (C=O) groups is 1. The van der Waals surface area contributed by atoms with E-state index in [0.29, 0.717) is 0 Å². The van der Waals surface area contributed by atoms with E-state index in [1.807, 2.05) is 0 Å². The van der Waals surface area contributed by atoms with Crippen LogP contribution in [0.1, 0.15) is 57.6 Å². The summed E-state index contributed by atoms with van der Waals surface area (Å²) in [6, 6.07) is 6.73. The van der Waals surface area contributed by atoms with Crippen molar-refractivity contribution in [3.63, 3.8) is 0 Å². The van der Waals surface area contributed by atoms with Gasteiger partial charge in [0.05, 0.1) is 5.56 Å². The van der Waals surface area contributed by atoms with E-state index in [4.69, 9.17) is 0 Å². The molecule has 0 bridgehead atoms. The smallest absolute Gasteiger partial charge is 0.252 e. The van der Waals surface area contributed by atoms with Crippen LogP contribution in [0, 0.1) is 13.8 Å². The van der Waals surface area contributed by atoms with E-state index in [0.717, 1.165) is 64.1 Å². The highest BCUT2D eigenvalue weighted by molar-refractivity contribution is 7.10. The van der Waals surface area contributed by atoms with Crippen LogP contribution < -0.4 is 10.2 Å². The van der Waals surface area contributed by atoms with Gasteiger partial charge in [-0.25, -0.2) is 0 Å². The third-order valence-corrected chi connectivity index (χ3v) is 7.66. The van der Waals surface area contributed by atoms with Gasteiger partial charge in [-0.3, -0.25) is 9.69 Å². The first-order valence-corrected chi connectivity index (χ1v) is 12.4. The Balaban J connectivity index is 1.19. The molecule has 0 unspecified atom stereocenters. The lowest BCUT2D eigenvalue weighted by Crippen LogP contribution is -2.47. The molecule has 1 N–H and O–H groups in total. The molecule has 1 aromatic carbocycles. The largest absolute Gasteiger partial charge is 0.369 e. The van der Waals surface area contributed by atoms with Gasteiger partial charge in [0.25, 0.3) is 5.91 Å². The second-order valence-corrected chi connectivity index (χ2v) is 9.80. The topological polar surface area (TPSA) is 35.6 Å². The summed E-state index contributed by atoms with van der Waals surface area (Å²) >= 11 is 1.78. The highest BCUT2D eigenvalue weighted by atomic mass is 32.1. The molecular formula is C25H35N3OS. The number of nitrogens with zero attached hydrogens (tertiary/aromatic N) is 2. The number of anilines is 1. The molecule has 2 aliphatic rings. The van der Waals surface area contributed by atoms with Crippen molar-refractivity contribution in [1.29, 1.82) is 0 Å². The summed E-state index contributed by atoms with van der Waals surface area (Å²) in [5.41, 5.74) is 6.35. The number of aryl methyl sites for hydroxylation is 3. The third kappa shape index (κ3) is 5.06. The first-order chi connectivity index (χ1) is 14.6. The molecule has 1 aliphatic carbocycles. The van der Waals surface area contributed by atoms with Gasteiger partial charge in [-0.2, -0.15) is 0 Å². The maximum Gasteiger partial charge on any atom is 0.252 e. The van der Waals surface area contributed by atoms with Crippen molar-refractivity contribution in [3.8, 4) is 0 Å². The van der Waals surface area contributed by atoms with Gasteiger partial charge in [-0.05, 0) is 75.3 Å². The molecule has 30 heavy (non-hydrogen) atoms. The van der Waals surface area contributed by atoms with Crippen LogP contribution in [-0.2, 0) is 12.8 Å². The predicted molar refractivity (Wildman–Crippen MR) is 127 cm³/mol. The van der Waals surface area contributed by atoms with Crippen LogP contribution in [0.5, 0.6) is 0 Å². The molecule has 2 heterocycles. The molecule has 4 nitrogen and oxygen atoms in total. The van der Waals surface area contributed by atoms with E-state index in [1.165, 1.54) is 46.5 Å². The van der Waals surface area contributed by atoms with Crippen LogP contribution in [-0.4, -0.2) is 50.1 Å². The molecule has 1 aliphatic heterocycles. The number of nitrogens with one attached hydrogen (secondary N) is 1. The zero-order valence-electron chi connectivity index (χ0n) is 18.5. The Bertz CT molecular complexity index is 867. The molecule has 1 fully saturated rings. The highest BCUT2D eigenvalue weighted by Crippen LogP contribution is 2.29. The van der Waals surface area contributed by atoms with Gasteiger partial charge in [0.2, 0.25) is 0 Å². The number of fused-ring (bicyclic) bond motifs is 1. The van der Waals surface area contributed by atoms with Gasteiger partial charge < -0.3 is 10.2 Å². The van der Waals surface area contributed by atoms with Gasteiger partial charge in [-0.1, -0.05) is 18.6 Å². The van der Waals surface area contributed by atoms with Crippen molar-refractivity contribution in [2.75, 3.05) is 44.2 Å². The number of piperazine rings is 1. The number of amides is 1. The Morgan fingerprint density at radius 2 is 1.87 bits per heavy atom. The van der Waals surface area contributed by atoms with E-state index >= 15 is 0 Å². The van der Waals surface area contributed by atoms with E-state index in [9.17, 15) is 4.79 Å². The van der Waals surface area contributed by atoms with Crippen molar-refractivity contribution in [2.45, 2.75) is 52.4 Å². The van der Waals surface area contributed by atoms with E-state index < -0.39 is 0 Å². The molecule has 1 amide bonds. The number of thiophene rings is 1. The standard InChI is InChI=1S/C25H35N3OS/c1-19-9-10-20(2)23(17-19)28-15-13-27(14-16-28)12-6-11-26-25(29)22-18-30-24-8-5-3-4-7-21(22)24/h9-10,17-18H,3-8,11-16H2,1-2H3,(H,26,29). The molecule has 5 heteroatoms. The molecule has 0 saturated carbocycles. The maximum absolute atomic E-state index is 12.7. The minimum Gasteiger partial charge on any atom is -0.369 e. The van der Waals surface area contributed by atoms with Crippen LogP contribution in [0.2, 0.25) is 0 Å². The maximum atomic E-state index is 12.7. The summed E-state index contributed by atoms with van der Waals surface area (Å²) < 4.78 is 0. The summed E-state index contributed by atoms with van der Waals surface area (Å²) in [6.07, 6.45) is 7.03. The number of benzene rings is 1. The van der Waals surface area contributed by atoms with Crippen molar-refractivity contribution < 1.29 is 4.79 Å². The molecular weight excluding hydrogens is 390 g/mol. The fraction of sp³-hybridized carbons (Fsp3) is 0.560. The average Bonchev–Trinajstić information content (AvgIpc) is 3.02. The first-order valence-electron chi connectivity index (χ1n) is 11.5. The van der Waals surface area contributed by atoms with E-state index in [1.54, 1.807) is 11.3 Å². The van der Waals surface area contributed by atoms with Crippen molar-refractivity contribution in [1.82, 2.24) is 10.2 Å². The predicted octanol–water partition coefficient (Wildman–Crippen LogP) is 4.58. The van der Waals surface area contributed by atoms with Gasteiger partial charge in [0.1, 0.15) is 0 Å². The van der Waals surface area contributed by atoms with Gasteiger partial charge in [-0.15, -0.1) is 11.3 Å². The fourth-order valence-corrected chi connectivity index (χ4v) is 5.86. The molecule has 4 rings (SSSR count). The van der Waals surface area contributed by atoms with E-state index in [-0.39, 0.29) is 5.91 Å². The van der Waals surface area contributed by atoms with Crippen LogP contribution in [0.3, 0.4) is 0 Å². The minimum absolute atomic E-state index is 0.133. The highest BCUT2D eigenvalue weighted by Gasteiger charge is 2.20. The summed E-state index contributed by atoms with van der Waals surface area (Å²) in [6.45, 7) is 10.6. The van der Waals surface area contributed by atoms with E-state index in [2.05, 4.69) is 52.5 Å². The lowest BCUT2D eigenvalue weighted by atomic mass is 10.1. The molecule has 2 aromatic rings. The third-order valence-electron chi connectivity index (χ3n) is 6.57. The Morgan fingerprint density at radius 1 is 1.07 bits per heavy atom. The average molecular weight is 426 g/mol.